The molecule has 142 valence electrons. The smallest absolute Gasteiger partial charge is 0.357 e. The predicted octanol–water partition coefficient (Wildman–Crippen LogP) is 1.89. The summed E-state index contributed by atoms with van der Waals surface area (Å²) in [6.07, 6.45) is -2.67. The SMILES string of the molecule is O=C1[C@H]2[C@H]3C=C[C@@](C4OCCO4)(O3)[C@H]2C(=O)N1c1cccc(C(F)(F)F)c1. The van der Waals surface area contributed by atoms with Gasteiger partial charge in [-0.1, -0.05) is 12.1 Å². The summed E-state index contributed by atoms with van der Waals surface area (Å²) in [5, 5.41) is 0. The first-order valence-electron chi connectivity index (χ1n) is 8.48. The van der Waals surface area contributed by atoms with Crippen molar-refractivity contribution < 1.29 is 37.0 Å². The van der Waals surface area contributed by atoms with Gasteiger partial charge in [-0.05, 0) is 24.3 Å². The number of halogens is 3. The number of carbonyl (C=O) groups is 2. The predicted molar refractivity (Wildman–Crippen MR) is 83.4 cm³/mol. The van der Waals surface area contributed by atoms with E-state index in [1.165, 1.54) is 12.1 Å². The number of anilines is 1. The summed E-state index contributed by atoms with van der Waals surface area (Å²) >= 11 is 0. The van der Waals surface area contributed by atoms with Crippen LogP contribution in [0.3, 0.4) is 0 Å². The van der Waals surface area contributed by atoms with Crippen LogP contribution in [0.2, 0.25) is 0 Å². The lowest BCUT2D eigenvalue weighted by Crippen LogP contribution is -2.49. The lowest BCUT2D eigenvalue weighted by molar-refractivity contribution is -0.180. The number of hydrogen-bond acceptors (Lipinski definition) is 5. The molecule has 2 bridgehead atoms. The molecule has 0 N–H and O–H groups in total. The molecule has 4 aliphatic heterocycles. The van der Waals surface area contributed by atoms with Gasteiger partial charge in [0.2, 0.25) is 11.8 Å². The van der Waals surface area contributed by atoms with Crippen molar-refractivity contribution in [3.05, 3.63) is 42.0 Å². The number of hydrogen-bond donors (Lipinski definition) is 0. The lowest BCUT2D eigenvalue weighted by atomic mass is 9.76. The van der Waals surface area contributed by atoms with Gasteiger partial charge in [-0.2, -0.15) is 13.2 Å². The van der Waals surface area contributed by atoms with Crippen LogP contribution in [0, 0.1) is 11.8 Å². The van der Waals surface area contributed by atoms with Crippen LogP contribution in [0.15, 0.2) is 36.4 Å². The summed E-state index contributed by atoms with van der Waals surface area (Å²) in [5.74, 6) is -2.86. The van der Waals surface area contributed by atoms with E-state index < -0.39 is 53.4 Å². The summed E-state index contributed by atoms with van der Waals surface area (Å²) in [5.41, 5.74) is -2.25. The van der Waals surface area contributed by atoms with Gasteiger partial charge in [-0.3, -0.25) is 9.59 Å². The van der Waals surface area contributed by atoms with E-state index in [1.807, 2.05) is 0 Å². The van der Waals surface area contributed by atoms with Crippen molar-refractivity contribution in [2.75, 3.05) is 18.1 Å². The van der Waals surface area contributed by atoms with E-state index in [-0.39, 0.29) is 5.69 Å². The molecule has 4 atom stereocenters. The second kappa shape index (κ2) is 5.40. The van der Waals surface area contributed by atoms with Crippen molar-refractivity contribution in [2.45, 2.75) is 24.2 Å². The molecule has 5 rings (SSSR count). The molecule has 3 fully saturated rings. The zero-order valence-electron chi connectivity index (χ0n) is 13.8. The normalized spacial score (nSPS) is 35.5. The fraction of sp³-hybridized carbons (Fsp3) is 0.444. The highest BCUT2D eigenvalue weighted by Gasteiger charge is 2.71. The molecular weight excluding hydrogens is 367 g/mol. The summed E-state index contributed by atoms with van der Waals surface area (Å²) in [4.78, 5) is 26.9. The van der Waals surface area contributed by atoms with Gasteiger partial charge in [0.15, 0.2) is 11.9 Å². The summed E-state index contributed by atoms with van der Waals surface area (Å²) in [6, 6.07) is 4.19. The second-order valence-electron chi connectivity index (χ2n) is 6.93. The maximum absolute atomic E-state index is 13.1. The van der Waals surface area contributed by atoms with Crippen molar-refractivity contribution in [1.82, 2.24) is 0 Å². The van der Waals surface area contributed by atoms with Gasteiger partial charge in [0.05, 0.1) is 42.4 Å². The molecule has 0 spiro atoms. The van der Waals surface area contributed by atoms with Gasteiger partial charge >= 0.3 is 6.18 Å². The molecule has 27 heavy (non-hydrogen) atoms. The van der Waals surface area contributed by atoms with Crippen LogP contribution in [-0.4, -0.2) is 43.0 Å². The highest BCUT2D eigenvalue weighted by Crippen LogP contribution is 2.55. The summed E-state index contributed by atoms with van der Waals surface area (Å²) in [6.45, 7) is 0.677. The average Bonchev–Trinajstić information content (AvgIpc) is 3.38. The Morgan fingerprint density at radius 2 is 1.85 bits per heavy atom. The largest absolute Gasteiger partial charge is 0.416 e. The van der Waals surface area contributed by atoms with Crippen LogP contribution in [-0.2, 0) is 30.0 Å². The lowest BCUT2D eigenvalue weighted by Gasteiger charge is -2.32. The number of carbonyl (C=O) groups excluding carboxylic acids is 2. The maximum atomic E-state index is 13.1. The number of rotatable bonds is 2. The average molecular weight is 381 g/mol. The Kier molecular flexibility index (Phi) is 3.38. The number of nitrogens with zero attached hydrogens (tertiary/aromatic N) is 1. The number of fused-ring (bicyclic) bond motifs is 5. The molecule has 4 heterocycles. The van der Waals surface area contributed by atoms with Gasteiger partial charge in [-0.15, -0.1) is 0 Å². The van der Waals surface area contributed by atoms with E-state index in [0.29, 0.717) is 13.2 Å². The molecule has 3 saturated heterocycles. The van der Waals surface area contributed by atoms with Crippen molar-refractivity contribution in [3.63, 3.8) is 0 Å². The number of imide groups is 1. The number of ether oxygens (including phenoxy) is 3. The molecule has 0 aromatic heterocycles. The van der Waals surface area contributed by atoms with Crippen LogP contribution < -0.4 is 4.90 Å². The first-order valence-corrected chi connectivity index (χ1v) is 8.48. The highest BCUT2D eigenvalue weighted by molar-refractivity contribution is 6.23. The second-order valence-corrected chi connectivity index (χ2v) is 6.93. The third-order valence-corrected chi connectivity index (χ3v) is 5.50. The molecule has 0 saturated carbocycles. The van der Waals surface area contributed by atoms with Crippen molar-refractivity contribution >= 4 is 17.5 Å². The van der Waals surface area contributed by atoms with Crippen LogP contribution in [0.5, 0.6) is 0 Å². The highest BCUT2D eigenvalue weighted by atomic mass is 19.4. The number of alkyl halides is 3. The molecule has 2 amide bonds. The van der Waals surface area contributed by atoms with Gasteiger partial charge in [0.1, 0.15) is 0 Å². The van der Waals surface area contributed by atoms with Gasteiger partial charge < -0.3 is 14.2 Å². The fourth-order valence-corrected chi connectivity index (χ4v) is 4.40. The standard InChI is InChI=1S/C18H14F3NO5/c19-18(20,21)9-2-1-3-10(8-9)22-14(23)12-11-4-5-17(27-11,13(12)15(22)24)16-25-6-7-26-16/h1-5,8,11-13,16H,6-7H2/t11-,12+,13-,17-/m1/s1. The summed E-state index contributed by atoms with van der Waals surface area (Å²) in [7, 11) is 0. The van der Waals surface area contributed by atoms with E-state index >= 15 is 0 Å². The van der Waals surface area contributed by atoms with Crippen molar-refractivity contribution in [3.8, 4) is 0 Å². The van der Waals surface area contributed by atoms with E-state index in [9.17, 15) is 22.8 Å². The van der Waals surface area contributed by atoms with E-state index in [0.717, 1.165) is 17.0 Å². The Hall–Kier alpha value is -2.23. The van der Waals surface area contributed by atoms with Gasteiger partial charge in [0.25, 0.3) is 0 Å². The first kappa shape index (κ1) is 16.9. The van der Waals surface area contributed by atoms with Crippen molar-refractivity contribution in [1.29, 1.82) is 0 Å². The minimum Gasteiger partial charge on any atom is -0.357 e. The summed E-state index contributed by atoms with van der Waals surface area (Å²) < 4.78 is 56.0. The molecule has 0 unspecified atom stereocenters. The van der Waals surface area contributed by atoms with E-state index in [2.05, 4.69) is 0 Å². The van der Waals surface area contributed by atoms with Crippen molar-refractivity contribution in [2.24, 2.45) is 11.8 Å². The topological polar surface area (TPSA) is 65.1 Å². The van der Waals surface area contributed by atoms with Gasteiger partial charge in [-0.25, -0.2) is 4.90 Å². The molecule has 9 heteroatoms. The third-order valence-electron chi connectivity index (χ3n) is 5.50. The number of amides is 2. The van der Waals surface area contributed by atoms with E-state index in [4.69, 9.17) is 14.2 Å². The Morgan fingerprint density at radius 3 is 2.56 bits per heavy atom. The molecule has 6 nitrogen and oxygen atoms in total. The van der Waals surface area contributed by atoms with Crippen LogP contribution >= 0.6 is 0 Å². The van der Waals surface area contributed by atoms with Crippen LogP contribution in [0.4, 0.5) is 18.9 Å². The maximum Gasteiger partial charge on any atom is 0.416 e. The molecule has 0 aliphatic carbocycles. The Bertz CT molecular complexity index is 863. The Balaban J connectivity index is 1.54. The molecule has 0 radical (unpaired) electrons. The number of benzene rings is 1. The monoisotopic (exact) mass is 381 g/mol. The van der Waals surface area contributed by atoms with Crippen LogP contribution in [0.1, 0.15) is 5.56 Å². The molecule has 1 aromatic rings. The Morgan fingerprint density at radius 1 is 1.11 bits per heavy atom. The fourth-order valence-electron chi connectivity index (χ4n) is 4.40. The molecule has 1 aromatic carbocycles. The Labute approximate surface area is 151 Å². The zero-order valence-corrected chi connectivity index (χ0v) is 13.8. The van der Waals surface area contributed by atoms with E-state index in [1.54, 1.807) is 12.2 Å². The third kappa shape index (κ3) is 2.19. The first-order chi connectivity index (χ1) is 12.8. The minimum atomic E-state index is -4.58. The van der Waals surface area contributed by atoms with Crippen LogP contribution in [0.25, 0.3) is 0 Å². The zero-order chi connectivity index (χ0) is 19.0. The minimum absolute atomic E-state index is 0.1000. The van der Waals surface area contributed by atoms with Gasteiger partial charge in [0, 0.05) is 0 Å². The quantitative estimate of drug-likeness (QED) is 0.578. The molecule has 4 aliphatic rings. The molecular formula is C18H14F3NO5.